The second-order valence-corrected chi connectivity index (χ2v) is 6.65. The van der Waals surface area contributed by atoms with Gasteiger partial charge in [-0.25, -0.2) is 4.98 Å². The Balaban J connectivity index is 1.90. The SMILES string of the molecule is C=CCn1c(SCC(=O)c2ccccc2)nc2sccc2c1=O. The number of carbonyl (C=O) groups excluding carboxylic acids is 1. The van der Waals surface area contributed by atoms with Gasteiger partial charge in [-0.2, -0.15) is 0 Å². The van der Waals surface area contributed by atoms with E-state index in [0.717, 1.165) is 0 Å². The molecule has 0 radical (unpaired) electrons. The van der Waals surface area contributed by atoms with Gasteiger partial charge in [-0.3, -0.25) is 14.2 Å². The molecule has 2 heterocycles. The molecule has 1 aromatic carbocycles. The molecule has 2 aromatic heterocycles. The van der Waals surface area contributed by atoms with E-state index in [1.54, 1.807) is 28.8 Å². The number of ketones is 1. The largest absolute Gasteiger partial charge is 0.293 e. The van der Waals surface area contributed by atoms with Crippen LogP contribution in [-0.2, 0) is 6.54 Å². The van der Waals surface area contributed by atoms with Gasteiger partial charge < -0.3 is 0 Å². The molecule has 0 bridgehead atoms. The van der Waals surface area contributed by atoms with Crippen molar-refractivity contribution in [1.29, 1.82) is 0 Å². The van der Waals surface area contributed by atoms with Gasteiger partial charge in [0.25, 0.3) is 5.56 Å². The minimum Gasteiger partial charge on any atom is -0.293 e. The Kier molecular flexibility index (Phi) is 4.73. The zero-order valence-electron chi connectivity index (χ0n) is 12.3. The van der Waals surface area contributed by atoms with E-state index in [9.17, 15) is 9.59 Å². The lowest BCUT2D eigenvalue weighted by Crippen LogP contribution is -2.22. The molecule has 0 spiro atoms. The Morgan fingerprint density at radius 3 is 2.83 bits per heavy atom. The topological polar surface area (TPSA) is 52.0 Å². The molecule has 3 aromatic rings. The summed E-state index contributed by atoms with van der Waals surface area (Å²) in [5.74, 6) is 0.256. The molecular formula is C17H14N2O2S2. The number of thiophene rings is 1. The molecule has 0 aliphatic heterocycles. The van der Waals surface area contributed by atoms with E-state index in [4.69, 9.17) is 0 Å². The van der Waals surface area contributed by atoms with Crippen LogP contribution in [0.1, 0.15) is 10.4 Å². The quantitative estimate of drug-likeness (QED) is 0.297. The van der Waals surface area contributed by atoms with Gasteiger partial charge in [-0.15, -0.1) is 17.9 Å². The van der Waals surface area contributed by atoms with Gasteiger partial charge in [-0.1, -0.05) is 48.2 Å². The summed E-state index contributed by atoms with van der Waals surface area (Å²) in [6.07, 6.45) is 1.66. The number of benzene rings is 1. The first-order valence-corrected chi connectivity index (χ1v) is 8.87. The monoisotopic (exact) mass is 342 g/mol. The van der Waals surface area contributed by atoms with Gasteiger partial charge in [0.1, 0.15) is 4.83 Å². The van der Waals surface area contributed by atoms with E-state index < -0.39 is 0 Å². The van der Waals surface area contributed by atoms with Crippen molar-refractivity contribution in [2.24, 2.45) is 0 Å². The third-order valence-electron chi connectivity index (χ3n) is 3.29. The number of rotatable bonds is 6. The lowest BCUT2D eigenvalue weighted by atomic mass is 10.2. The van der Waals surface area contributed by atoms with Crippen molar-refractivity contribution in [1.82, 2.24) is 9.55 Å². The summed E-state index contributed by atoms with van der Waals surface area (Å²) < 4.78 is 1.56. The fourth-order valence-electron chi connectivity index (χ4n) is 2.17. The van der Waals surface area contributed by atoms with Gasteiger partial charge in [0, 0.05) is 12.1 Å². The van der Waals surface area contributed by atoms with E-state index in [1.807, 2.05) is 23.6 Å². The van der Waals surface area contributed by atoms with Gasteiger partial charge in [-0.05, 0) is 11.4 Å². The van der Waals surface area contributed by atoms with Crippen LogP contribution in [-0.4, -0.2) is 21.1 Å². The molecule has 0 amide bonds. The van der Waals surface area contributed by atoms with E-state index in [0.29, 0.717) is 27.5 Å². The molecule has 0 saturated heterocycles. The maximum atomic E-state index is 12.5. The van der Waals surface area contributed by atoms with Crippen LogP contribution in [0.25, 0.3) is 10.2 Å². The average molecular weight is 342 g/mol. The standard InChI is InChI=1S/C17H14N2O2S2/c1-2-9-19-16(21)13-8-10-22-15(13)18-17(19)23-11-14(20)12-6-4-3-5-7-12/h2-8,10H,1,9,11H2. The fourth-order valence-corrected chi connectivity index (χ4v) is 3.88. The van der Waals surface area contributed by atoms with Crippen molar-refractivity contribution >= 4 is 39.1 Å². The number of hydrogen-bond donors (Lipinski definition) is 0. The second kappa shape index (κ2) is 6.93. The molecule has 0 aliphatic carbocycles. The van der Waals surface area contributed by atoms with Crippen molar-refractivity contribution in [3.8, 4) is 0 Å². The highest BCUT2D eigenvalue weighted by Gasteiger charge is 2.14. The Morgan fingerprint density at radius 1 is 1.30 bits per heavy atom. The zero-order valence-corrected chi connectivity index (χ0v) is 13.9. The summed E-state index contributed by atoms with van der Waals surface area (Å²) in [5.41, 5.74) is 0.570. The van der Waals surface area contributed by atoms with Crippen LogP contribution in [0.3, 0.4) is 0 Å². The van der Waals surface area contributed by atoms with Crippen LogP contribution < -0.4 is 5.56 Å². The Labute approximate surface area is 141 Å². The van der Waals surface area contributed by atoms with Crippen LogP contribution in [0.5, 0.6) is 0 Å². The first kappa shape index (κ1) is 15.7. The molecule has 116 valence electrons. The number of aromatic nitrogens is 2. The molecular weight excluding hydrogens is 328 g/mol. The normalized spacial score (nSPS) is 10.8. The average Bonchev–Trinajstić information content (AvgIpc) is 3.05. The number of nitrogens with zero attached hydrogens (tertiary/aromatic N) is 2. The molecule has 4 nitrogen and oxygen atoms in total. The summed E-state index contributed by atoms with van der Waals surface area (Å²) in [5, 5.41) is 3.01. The van der Waals surface area contributed by atoms with E-state index in [1.165, 1.54) is 23.1 Å². The smallest absolute Gasteiger partial charge is 0.263 e. The number of fused-ring (bicyclic) bond motifs is 1. The molecule has 0 unspecified atom stereocenters. The maximum absolute atomic E-state index is 12.5. The van der Waals surface area contributed by atoms with Crippen molar-refractivity contribution < 1.29 is 4.79 Å². The predicted molar refractivity (Wildman–Crippen MR) is 95.6 cm³/mol. The molecule has 0 aliphatic rings. The number of allylic oxidation sites excluding steroid dienone is 1. The summed E-state index contributed by atoms with van der Waals surface area (Å²) in [4.78, 5) is 30.0. The molecule has 23 heavy (non-hydrogen) atoms. The second-order valence-electron chi connectivity index (χ2n) is 4.82. The van der Waals surface area contributed by atoms with Gasteiger partial charge in [0.15, 0.2) is 10.9 Å². The number of thioether (sulfide) groups is 1. The van der Waals surface area contributed by atoms with Crippen molar-refractivity contribution in [2.45, 2.75) is 11.7 Å². The minimum atomic E-state index is -0.0918. The molecule has 0 fully saturated rings. The van der Waals surface area contributed by atoms with E-state index in [-0.39, 0.29) is 17.1 Å². The highest BCUT2D eigenvalue weighted by Crippen LogP contribution is 2.22. The molecule has 0 N–H and O–H groups in total. The predicted octanol–water partition coefficient (Wildman–Crippen LogP) is 3.62. The summed E-state index contributed by atoms with van der Waals surface area (Å²) in [6.45, 7) is 4.06. The number of carbonyl (C=O) groups is 1. The highest BCUT2D eigenvalue weighted by molar-refractivity contribution is 7.99. The van der Waals surface area contributed by atoms with Crippen LogP contribution in [0.4, 0.5) is 0 Å². The Hall–Kier alpha value is -2.18. The number of hydrogen-bond acceptors (Lipinski definition) is 5. The van der Waals surface area contributed by atoms with Gasteiger partial charge >= 0.3 is 0 Å². The zero-order chi connectivity index (χ0) is 16.2. The fraction of sp³-hybridized carbons (Fsp3) is 0.118. The lowest BCUT2D eigenvalue weighted by molar-refractivity contribution is 0.102. The third kappa shape index (κ3) is 3.28. The third-order valence-corrected chi connectivity index (χ3v) is 5.07. The number of Topliss-reactive ketones (excluding diaryl/α,β-unsaturated/α-hetero) is 1. The van der Waals surface area contributed by atoms with Crippen LogP contribution in [0.15, 0.2) is 64.4 Å². The van der Waals surface area contributed by atoms with Crippen LogP contribution >= 0.6 is 23.1 Å². The molecule has 6 heteroatoms. The lowest BCUT2D eigenvalue weighted by Gasteiger charge is -2.09. The molecule has 0 saturated carbocycles. The molecule has 3 rings (SSSR count). The van der Waals surface area contributed by atoms with Crippen LogP contribution in [0.2, 0.25) is 0 Å². The van der Waals surface area contributed by atoms with Crippen molar-refractivity contribution in [2.75, 3.05) is 5.75 Å². The van der Waals surface area contributed by atoms with Crippen LogP contribution in [0, 0.1) is 0 Å². The summed E-state index contributed by atoms with van der Waals surface area (Å²) >= 11 is 2.71. The van der Waals surface area contributed by atoms with E-state index in [2.05, 4.69) is 11.6 Å². The van der Waals surface area contributed by atoms with Gasteiger partial charge in [0.05, 0.1) is 11.1 Å². The van der Waals surface area contributed by atoms with E-state index >= 15 is 0 Å². The van der Waals surface area contributed by atoms with Gasteiger partial charge in [0.2, 0.25) is 0 Å². The first-order chi connectivity index (χ1) is 11.2. The summed E-state index contributed by atoms with van der Waals surface area (Å²) in [7, 11) is 0. The molecule has 0 atom stereocenters. The Morgan fingerprint density at radius 2 is 2.09 bits per heavy atom. The minimum absolute atomic E-state index is 0.0151. The summed E-state index contributed by atoms with van der Waals surface area (Å²) in [6, 6.07) is 10.9. The van der Waals surface area contributed by atoms with Crippen molar-refractivity contribution in [3.05, 3.63) is 70.4 Å². The highest BCUT2D eigenvalue weighted by atomic mass is 32.2. The first-order valence-electron chi connectivity index (χ1n) is 7.00. The Bertz CT molecular complexity index is 913. The maximum Gasteiger partial charge on any atom is 0.263 e. The van der Waals surface area contributed by atoms with Crippen molar-refractivity contribution in [3.63, 3.8) is 0 Å².